The molecule has 0 aromatic rings. The normalized spacial score (nSPS) is 26.8. The van der Waals surface area contributed by atoms with Gasteiger partial charge in [-0.15, -0.1) is 0 Å². The topological polar surface area (TPSA) is 40.9 Å². The number of alkyl halides is 1. The molecule has 0 bridgehead atoms. The Morgan fingerprint density at radius 2 is 1.69 bits per heavy atom. The van der Waals surface area contributed by atoms with Gasteiger partial charge in [-0.25, -0.2) is 0 Å². The summed E-state index contributed by atoms with van der Waals surface area (Å²) in [4.78, 5) is 10.7. The average Bonchev–Trinajstić information content (AvgIpc) is 2.70. The highest BCUT2D eigenvalue weighted by Gasteiger charge is 2.33. The lowest BCUT2D eigenvalue weighted by atomic mass is 9.68. The number of carbonyl (C=O) groups is 1. The molecule has 0 radical (unpaired) electrons. The molecule has 0 aromatic heterocycles. The first-order valence-corrected chi connectivity index (χ1v) is 11.2. The molecule has 26 heavy (non-hydrogen) atoms. The first-order valence-electron chi connectivity index (χ1n) is 11.2. The van der Waals surface area contributed by atoms with E-state index in [2.05, 4.69) is 6.07 Å². The molecule has 0 aromatic carbocycles. The summed E-state index contributed by atoms with van der Waals surface area (Å²) in [7, 11) is 0. The van der Waals surface area contributed by atoms with E-state index in [4.69, 9.17) is 0 Å². The van der Waals surface area contributed by atoms with Crippen molar-refractivity contribution in [2.45, 2.75) is 96.3 Å². The molecule has 2 unspecified atom stereocenters. The quantitative estimate of drug-likeness (QED) is 0.305. The summed E-state index contributed by atoms with van der Waals surface area (Å²) >= 11 is 0. The van der Waals surface area contributed by atoms with Gasteiger partial charge in [0.15, 0.2) is 0 Å². The maximum atomic E-state index is 12.4. The Kier molecular flexibility index (Phi) is 10.3. The minimum Gasteiger partial charge on any atom is -0.303 e. The molecule has 2 saturated carbocycles. The molecule has 148 valence electrons. The lowest BCUT2D eigenvalue weighted by molar-refractivity contribution is -0.108. The van der Waals surface area contributed by atoms with Crippen molar-refractivity contribution in [1.82, 2.24) is 0 Å². The van der Waals surface area contributed by atoms with Crippen LogP contribution in [0.1, 0.15) is 96.3 Å². The number of nitriles is 1. The molecule has 2 nitrogen and oxygen atoms in total. The van der Waals surface area contributed by atoms with E-state index in [9.17, 15) is 14.4 Å². The van der Waals surface area contributed by atoms with Crippen molar-refractivity contribution < 1.29 is 9.18 Å². The third-order valence-corrected chi connectivity index (χ3v) is 7.10. The van der Waals surface area contributed by atoms with Crippen LogP contribution in [0.3, 0.4) is 0 Å². The summed E-state index contributed by atoms with van der Waals surface area (Å²) in [5, 5.41) is 9.92. The standard InChI is InChI=1S/C23H38FNO/c24-15-6-7-19-11-13-20(14-12-19)17-22(18-25)23(10-4-5-16-26)21-8-2-1-3-9-21/h16,19-23H,1-15,17H2/t19-,20-,22?,23?. The van der Waals surface area contributed by atoms with Crippen molar-refractivity contribution >= 4 is 6.29 Å². The predicted octanol–water partition coefficient (Wildman–Crippen LogP) is 6.64. The Balaban J connectivity index is 1.87. The zero-order chi connectivity index (χ0) is 18.6. The summed E-state index contributed by atoms with van der Waals surface area (Å²) in [6.07, 6.45) is 17.9. The molecule has 0 amide bonds. The number of unbranched alkanes of at least 4 members (excludes halogenated alkanes) is 1. The first-order chi connectivity index (χ1) is 12.8. The van der Waals surface area contributed by atoms with E-state index >= 15 is 0 Å². The molecule has 0 saturated heterocycles. The molecule has 0 aliphatic heterocycles. The maximum absolute atomic E-state index is 12.4. The zero-order valence-electron chi connectivity index (χ0n) is 16.5. The van der Waals surface area contributed by atoms with Gasteiger partial charge in [-0.05, 0) is 55.8 Å². The Morgan fingerprint density at radius 3 is 2.31 bits per heavy atom. The van der Waals surface area contributed by atoms with E-state index in [1.54, 1.807) is 0 Å². The molecular weight excluding hydrogens is 325 g/mol. The summed E-state index contributed by atoms with van der Waals surface area (Å²) in [5.74, 6) is 2.74. The molecule has 0 heterocycles. The lowest BCUT2D eigenvalue weighted by Crippen LogP contribution is -2.28. The summed E-state index contributed by atoms with van der Waals surface area (Å²) < 4.78 is 12.4. The van der Waals surface area contributed by atoms with Gasteiger partial charge in [-0.2, -0.15) is 5.26 Å². The van der Waals surface area contributed by atoms with Crippen LogP contribution in [-0.2, 0) is 4.79 Å². The zero-order valence-corrected chi connectivity index (χ0v) is 16.5. The van der Waals surface area contributed by atoms with Crippen molar-refractivity contribution in [3.05, 3.63) is 0 Å². The van der Waals surface area contributed by atoms with Gasteiger partial charge in [0, 0.05) is 12.3 Å². The number of hydrogen-bond acceptors (Lipinski definition) is 2. The molecule has 2 aliphatic rings. The van der Waals surface area contributed by atoms with Crippen LogP contribution in [0, 0.1) is 40.9 Å². The van der Waals surface area contributed by atoms with Gasteiger partial charge in [0.2, 0.25) is 0 Å². The van der Waals surface area contributed by atoms with Gasteiger partial charge in [0.25, 0.3) is 0 Å². The molecular formula is C23H38FNO. The fourth-order valence-corrected chi connectivity index (χ4v) is 5.57. The molecule has 3 heteroatoms. The second kappa shape index (κ2) is 12.5. The van der Waals surface area contributed by atoms with E-state index in [1.807, 2.05) is 0 Å². The molecule has 2 aliphatic carbocycles. The smallest absolute Gasteiger partial charge is 0.119 e. The van der Waals surface area contributed by atoms with Crippen LogP contribution in [-0.4, -0.2) is 13.0 Å². The van der Waals surface area contributed by atoms with Gasteiger partial charge in [-0.1, -0.05) is 57.8 Å². The summed E-state index contributed by atoms with van der Waals surface area (Å²) in [6.45, 7) is -0.180. The molecule has 2 rings (SSSR count). The van der Waals surface area contributed by atoms with E-state index in [1.165, 1.54) is 57.8 Å². The van der Waals surface area contributed by atoms with E-state index in [-0.39, 0.29) is 12.6 Å². The molecule has 2 fully saturated rings. The highest BCUT2D eigenvalue weighted by molar-refractivity contribution is 5.48. The van der Waals surface area contributed by atoms with Gasteiger partial charge in [0.1, 0.15) is 6.29 Å². The number of hydrogen-bond donors (Lipinski definition) is 0. The van der Waals surface area contributed by atoms with Crippen LogP contribution in [0.25, 0.3) is 0 Å². The number of halogens is 1. The molecule has 0 spiro atoms. The van der Waals surface area contributed by atoms with Crippen LogP contribution in [0.15, 0.2) is 0 Å². The maximum Gasteiger partial charge on any atom is 0.119 e. The third-order valence-electron chi connectivity index (χ3n) is 7.10. The fourth-order valence-electron chi connectivity index (χ4n) is 5.57. The van der Waals surface area contributed by atoms with Crippen LogP contribution < -0.4 is 0 Å². The Morgan fingerprint density at radius 1 is 1.00 bits per heavy atom. The molecule has 2 atom stereocenters. The average molecular weight is 364 g/mol. The van der Waals surface area contributed by atoms with Crippen LogP contribution in [0.5, 0.6) is 0 Å². The van der Waals surface area contributed by atoms with Gasteiger partial charge in [-0.3, -0.25) is 4.39 Å². The molecule has 0 N–H and O–H groups in total. The number of aldehydes is 1. The fraction of sp³-hybridized carbons (Fsp3) is 0.913. The van der Waals surface area contributed by atoms with Gasteiger partial charge < -0.3 is 4.79 Å². The monoisotopic (exact) mass is 363 g/mol. The van der Waals surface area contributed by atoms with Gasteiger partial charge in [0.05, 0.1) is 12.7 Å². The van der Waals surface area contributed by atoms with Crippen molar-refractivity contribution in [1.29, 1.82) is 5.26 Å². The Hall–Kier alpha value is -0.910. The largest absolute Gasteiger partial charge is 0.303 e. The van der Waals surface area contributed by atoms with Crippen molar-refractivity contribution in [3.63, 3.8) is 0 Å². The number of rotatable bonds is 11. The predicted molar refractivity (Wildman–Crippen MR) is 104 cm³/mol. The van der Waals surface area contributed by atoms with E-state index in [0.717, 1.165) is 38.4 Å². The van der Waals surface area contributed by atoms with Crippen molar-refractivity contribution in [2.75, 3.05) is 6.67 Å². The minimum atomic E-state index is -0.180. The summed E-state index contributed by atoms with van der Waals surface area (Å²) in [6, 6.07) is 2.68. The van der Waals surface area contributed by atoms with Gasteiger partial charge >= 0.3 is 0 Å². The van der Waals surface area contributed by atoms with Crippen LogP contribution in [0.2, 0.25) is 0 Å². The lowest BCUT2D eigenvalue weighted by Gasteiger charge is -2.36. The summed E-state index contributed by atoms with van der Waals surface area (Å²) in [5.41, 5.74) is 0. The Bertz CT molecular complexity index is 418. The second-order valence-corrected chi connectivity index (χ2v) is 8.85. The van der Waals surface area contributed by atoms with E-state index in [0.29, 0.717) is 30.1 Å². The highest BCUT2D eigenvalue weighted by Crippen LogP contribution is 2.42. The Labute approximate surface area is 159 Å². The number of nitrogens with zero attached hydrogens (tertiary/aromatic N) is 1. The highest BCUT2D eigenvalue weighted by atomic mass is 19.1. The number of carbonyl (C=O) groups excluding carboxylic acids is 1. The van der Waals surface area contributed by atoms with Crippen LogP contribution in [0.4, 0.5) is 4.39 Å². The SMILES string of the molecule is N#CC(C[C@H]1CC[C@H](CCCF)CC1)C(CCCC=O)C1CCCCC1. The minimum absolute atomic E-state index is 0.164. The second-order valence-electron chi connectivity index (χ2n) is 8.85. The van der Waals surface area contributed by atoms with E-state index < -0.39 is 0 Å². The van der Waals surface area contributed by atoms with Crippen LogP contribution >= 0.6 is 0 Å². The first kappa shape index (κ1) is 21.4. The third kappa shape index (κ3) is 7.01. The van der Waals surface area contributed by atoms with Crippen molar-refractivity contribution in [2.24, 2.45) is 29.6 Å². The van der Waals surface area contributed by atoms with Crippen molar-refractivity contribution in [3.8, 4) is 6.07 Å².